The first-order chi connectivity index (χ1) is 18.1. The zero-order valence-corrected chi connectivity index (χ0v) is 21.8. The molecule has 3 aromatic carbocycles. The van der Waals surface area contributed by atoms with Crippen molar-refractivity contribution < 1.29 is 9.59 Å². The van der Waals surface area contributed by atoms with E-state index in [9.17, 15) is 9.59 Å². The average Bonchev–Trinajstić information content (AvgIpc) is 2.93. The number of thioether (sulfide) groups is 1. The van der Waals surface area contributed by atoms with Crippen molar-refractivity contribution in [2.24, 2.45) is 5.92 Å². The third-order valence-corrected chi connectivity index (χ3v) is 8.14. The second-order valence-electron chi connectivity index (χ2n) is 9.77. The summed E-state index contributed by atoms with van der Waals surface area (Å²) in [5.41, 5.74) is 3.67. The van der Waals surface area contributed by atoms with Gasteiger partial charge in [0, 0.05) is 17.0 Å². The average molecular weight is 512 g/mol. The lowest BCUT2D eigenvalue weighted by Crippen LogP contribution is -2.36. The number of anilines is 1. The minimum absolute atomic E-state index is 0.103. The van der Waals surface area contributed by atoms with E-state index in [1.54, 1.807) is 6.07 Å². The molecule has 5 nitrogen and oxygen atoms in total. The molecule has 2 aliphatic heterocycles. The predicted molar refractivity (Wildman–Crippen MR) is 152 cm³/mol. The first kappa shape index (κ1) is 25.3. The Morgan fingerprint density at radius 2 is 1.73 bits per heavy atom. The fraction of sp³-hybridized carbons (Fsp3) is 0.290. The van der Waals surface area contributed by atoms with Crippen molar-refractivity contribution in [3.05, 3.63) is 100 Å². The van der Waals surface area contributed by atoms with Crippen LogP contribution in [0.2, 0.25) is 0 Å². The molecule has 0 spiro atoms. The lowest BCUT2D eigenvalue weighted by atomic mass is 9.90. The maximum absolute atomic E-state index is 12.7. The SMILES string of the molecule is O=C1Nc2cc(C(=O)NCCCN3CCC(Cc4ccccc4)CC3)ccc2SC1=Cc1ccccc1. The normalized spacial score (nSPS) is 17.3. The molecule has 0 atom stereocenters. The molecule has 6 heteroatoms. The van der Waals surface area contributed by atoms with Gasteiger partial charge in [0.1, 0.15) is 0 Å². The Morgan fingerprint density at radius 1 is 1.00 bits per heavy atom. The number of rotatable bonds is 8. The van der Waals surface area contributed by atoms with Gasteiger partial charge in [-0.25, -0.2) is 0 Å². The van der Waals surface area contributed by atoms with Crippen LogP contribution in [0.15, 0.2) is 88.7 Å². The highest BCUT2D eigenvalue weighted by atomic mass is 32.2. The van der Waals surface area contributed by atoms with Crippen LogP contribution in [-0.4, -0.2) is 42.9 Å². The minimum atomic E-state index is -0.147. The Kier molecular flexibility index (Phi) is 8.39. The highest BCUT2D eigenvalue weighted by molar-refractivity contribution is 8.04. The van der Waals surface area contributed by atoms with Crippen LogP contribution in [0.1, 0.15) is 40.7 Å². The van der Waals surface area contributed by atoms with E-state index < -0.39 is 0 Å². The van der Waals surface area contributed by atoms with Crippen LogP contribution in [0.25, 0.3) is 6.08 Å². The van der Waals surface area contributed by atoms with Gasteiger partial charge in [0.05, 0.1) is 10.6 Å². The summed E-state index contributed by atoms with van der Waals surface area (Å²) in [7, 11) is 0. The Labute approximate surface area is 223 Å². The van der Waals surface area contributed by atoms with Crippen LogP contribution in [0.5, 0.6) is 0 Å². The molecule has 5 rings (SSSR count). The van der Waals surface area contributed by atoms with Gasteiger partial charge in [-0.2, -0.15) is 0 Å². The van der Waals surface area contributed by atoms with Crippen LogP contribution in [0, 0.1) is 5.92 Å². The third-order valence-electron chi connectivity index (χ3n) is 7.04. The number of piperidine rings is 1. The maximum Gasteiger partial charge on any atom is 0.262 e. The van der Waals surface area contributed by atoms with Crippen LogP contribution in [0.3, 0.4) is 0 Å². The van der Waals surface area contributed by atoms with E-state index in [1.165, 1.54) is 36.6 Å². The van der Waals surface area contributed by atoms with Gasteiger partial charge >= 0.3 is 0 Å². The molecule has 0 saturated carbocycles. The largest absolute Gasteiger partial charge is 0.352 e. The molecule has 2 N–H and O–H groups in total. The van der Waals surface area contributed by atoms with Crippen molar-refractivity contribution in [2.75, 3.05) is 31.5 Å². The molecule has 3 aromatic rings. The number of hydrogen-bond acceptors (Lipinski definition) is 4. The van der Waals surface area contributed by atoms with Gasteiger partial charge in [-0.1, -0.05) is 72.4 Å². The van der Waals surface area contributed by atoms with Gasteiger partial charge in [-0.15, -0.1) is 0 Å². The number of amides is 2. The van der Waals surface area contributed by atoms with Gasteiger partial charge in [0.25, 0.3) is 11.8 Å². The summed E-state index contributed by atoms with van der Waals surface area (Å²) in [6.45, 7) is 3.92. The molecule has 190 valence electrons. The standard InChI is InChI=1S/C31H33N3O2S/c35-30(32-16-7-17-34-18-14-25(15-19-34)20-23-8-3-1-4-9-23)26-12-13-28-27(22-26)33-31(36)29(37-28)21-24-10-5-2-6-11-24/h1-6,8-13,21-22,25H,7,14-20H2,(H,32,35)(H,33,36). The summed E-state index contributed by atoms with van der Waals surface area (Å²) < 4.78 is 0. The molecule has 2 aliphatic rings. The molecular weight excluding hydrogens is 478 g/mol. The Hall–Kier alpha value is -3.35. The van der Waals surface area contributed by atoms with Crippen molar-refractivity contribution >= 4 is 35.3 Å². The number of fused-ring (bicyclic) bond motifs is 1. The van der Waals surface area contributed by atoms with Crippen molar-refractivity contribution in [3.63, 3.8) is 0 Å². The lowest BCUT2D eigenvalue weighted by molar-refractivity contribution is -0.112. The van der Waals surface area contributed by atoms with Gasteiger partial charge < -0.3 is 15.5 Å². The summed E-state index contributed by atoms with van der Waals surface area (Å²) in [5.74, 6) is 0.520. The van der Waals surface area contributed by atoms with E-state index in [-0.39, 0.29) is 11.8 Å². The van der Waals surface area contributed by atoms with Gasteiger partial charge in [0.2, 0.25) is 0 Å². The number of nitrogens with one attached hydrogen (secondary N) is 2. The molecule has 2 heterocycles. The molecule has 0 unspecified atom stereocenters. The molecule has 1 fully saturated rings. The monoisotopic (exact) mass is 511 g/mol. The third kappa shape index (κ3) is 6.90. The first-order valence-electron chi connectivity index (χ1n) is 13.1. The van der Waals surface area contributed by atoms with Crippen LogP contribution in [0.4, 0.5) is 5.69 Å². The number of hydrogen-bond donors (Lipinski definition) is 2. The summed E-state index contributed by atoms with van der Waals surface area (Å²) in [6.07, 6.45) is 6.47. The minimum Gasteiger partial charge on any atom is -0.352 e. The highest BCUT2D eigenvalue weighted by Gasteiger charge is 2.22. The molecule has 0 aromatic heterocycles. The molecule has 0 bridgehead atoms. The second kappa shape index (κ2) is 12.3. The van der Waals surface area contributed by atoms with Crippen molar-refractivity contribution in [1.29, 1.82) is 0 Å². The number of carbonyl (C=O) groups excluding carboxylic acids is 2. The van der Waals surface area contributed by atoms with E-state index >= 15 is 0 Å². The summed E-state index contributed by atoms with van der Waals surface area (Å²) >= 11 is 1.43. The number of carbonyl (C=O) groups is 2. The number of likely N-dealkylation sites (tertiary alicyclic amines) is 1. The summed E-state index contributed by atoms with van der Waals surface area (Å²) in [5, 5.41) is 5.98. The van der Waals surface area contributed by atoms with E-state index in [0.29, 0.717) is 22.7 Å². The first-order valence-corrected chi connectivity index (χ1v) is 13.9. The maximum atomic E-state index is 12.7. The molecule has 0 radical (unpaired) electrons. The van der Waals surface area contributed by atoms with E-state index in [0.717, 1.165) is 42.4 Å². The Balaban J connectivity index is 1.06. The summed E-state index contributed by atoms with van der Waals surface area (Å²) in [6, 6.07) is 26.1. The van der Waals surface area contributed by atoms with Crippen molar-refractivity contribution in [3.8, 4) is 0 Å². The summed E-state index contributed by atoms with van der Waals surface area (Å²) in [4.78, 5) is 29.4. The Morgan fingerprint density at radius 3 is 2.49 bits per heavy atom. The Bertz CT molecular complexity index is 1250. The van der Waals surface area contributed by atoms with Crippen LogP contribution < -0.4 is 10.6 Å². The van der Waals surface area contributed by atoms with Crippen LogP contribution in [-0.2, 0) is 11.2 Å². The van der Waals surface area contributed by atoms with Gasteiger partial charge in [-0.05, 0) is 86.6 Å². The zero-order valence-electron chi connectivity index (χ0n) is 21.0. The number of nitrogens with zero attached hydrogens (tertiary/aromatic N) is 1. The zero-order chi connectivity index (χ0) is 25.5. The van der Waals surface area contributed by atoms with Crippen molar-refractivity contribution in [2.45, 2.75) is 30.6 Å². The van der Waals surface area contributed by atoms with Crippen LogP contribution >= 0.6 is 11.8 Å². The van der Waals surface area contributed by atoms with E-state index in [4.69, 9.17) is 0 Å². The molecule has 37 heavy (non-hydrogen) atoms. The lowest BCUT2D eigenvalue weighted by Gasteiger charge is -2.32. The smallest absolute Gasteiger partial charge is 0.262 e. The molecule has 2 amide bonds. The predicted octanol–water partition coefficient (Wildman–Crippen LogP) is 5.85. The number of benzene rings is 3. The van der Waals surface area contributed by atoms with Gasteiger partial charge in [-0.3, -0.25) is 9.59 Å². The van der Waals surface area contributed by atoms with Gasteiger partial charge in [0.15, 0.2) is 0 Å². The molecule has 0 aliphatic carbocycles. The highest BCUT2D eigenvalue weighted by Crippen LogP contribution is 2.39. The van der Waals surface area contributed by atoms with Crippen molar-refractivity contribution in [1.82, 2.24) is 10.2 Å². The van der Waals surface area contributed by atoms with E-state index in [1.807, 2.05) is 48.5 Å². The quantitative estimate of drug-likeness (QED) is 0.294. The van der Waals surface area contributed by atoms with E-state index in [2.05, 4.69) is 45.9 Å². The molecule has 1 saturated heterocycles. The fourth-order valence-corrected chi connectivity index (χ4v) is 5.90. The topological polar surface area (TPSA) is 61.4 Å². The molecular formula is C31H33N3O2S. The fourth-order valence-electron chi connectivity index (χ4n) is 4.97. The second-order valence-corrected chi connectivity index (χ2v) is 10.9.